The molecule has 1 atom stereocenters. The Kier molecular flexibility index (Phi) is 3.01. The highest BCUT2D eigenvalue weighted by atomic mass is 32.1. The van der Waals surface area contributed by atoms with E-state index in [0.29, 0.717) is 6.04 Å². The molecule has 4 bridgehead atoms. The molecule has 0 radical (unpaired) electrons. The van der Waals surface area contributed by atoms with Gasteiger partial charge in [-0.2, -0.15) is 0 Å². The summed E-state index contributed by atoms with van der Waals surface area (Å²) >= 11 is 1.87. The van der Waals surface area contributed by atoms with Crippen LogP contribution in [0, 0.1) is 30.6 Å². The number of fused-ring (bicyclic) bond motifs is 3. The van der Waals surface area contributed by atoms with E-state index in [1.807, 2.05) is 11.3 Å². The summed E-state index contributed by atoms with van der Waals surface area (Å²) in [6.07, 6.45) is 7.08. The van der Waals surface area contributed by atoms with Gasteiger partial charge in [0.25, 0.3) is 0 Å². The largest absolute Gasteiger partial charge is 0.457 e. The molecular formula is C25H27NOS. The second-order valence-corrected chi connectivity index (χ2v) is 10.8. The fourth-order valence-corrected chi connectivity index (χ4v) is 8.93. The minimum Gasteiger partial charge on any atom is -0.457 e. The number of furan rings is 1. The van der Waals surface area contributed by atoms with Crippen molar-refractivity contribution in [3.63, 3.8) is 0 Å². The molecule has 3 aromatic rings. The Balaban J connectivity index is 1.54. The van der Waals surface area contributed by atoms with Crippen molar-refractivity contribution in [1.29, 1.82) is 0 Å². The lowest BCUT2D eigenvalue weighted by Gasteiger charge is -2.63. The smallest absolute Gasteiger partial charge is 0.145 e. The summed E-state index contributed by atoms with van der Waals surface area (Å²) in [7, 11) is 0. The van der Waals surface area contributed by atoms with Gasteiger partial charge in [-0.15, -0.1) is 11.3 Å². The zero-order valence-electron chi connectivity index (χ0n) is 16.7. The van der Waals surface area contributed by atoms with Crippen LogP contribution < -0.4 is 4.90 Å². The van der Waals surface area contributed by atoms with Gasteiger partial charge in [-0.05, 0) is 92.7 Å². The molecule has 0 amide bonds. The van der Waals surface area contributed by atoms with Gasteiger partial charge in [-0.25, -0.2) is 0 Å². The van der Waals surface area contributed by atoms with Crippen LogP contribution in [0.3, 0.4) is 0 Å². The maximum Gasteiger partial charge on any atom is 0.145 e. The van der Waals surface area contributed by atoms with E-state index in [2.05, 4.69) is 54.5 Å². The van der Waals surface area contributed by atoms with Crippen LogP contribution in [0.15, 0.2) is 40.1 Å². The van der Waals surface area contributed by atoms with Crippen LogP contribution in [-0.2, 0) is 5.54 Å². The summed E-state index contributed by atoms with van der Waals surface area (Å²) < 4.78 is 8.16. The van der Waals surface area contributed by atoms with Gasteiger partial charge >= 0.3 is 0 Å². The van der Waals surface area contributed by atoms with Crippen molar-refractivity contribution in [2.24, 2.45) is 23.7 Å². The number of hydrogen-bond acceptors (Lipinski definition) is 3. The summed E-state index contributed by atoms with van der Waals surface area (Å²) in [4.78, 5) is 2.84. The highest BCUT2D eigenvalue weighted by molar-refractivity contribution is 7.17. The maximum absolute atomic E-state index is 6.76. The molecule has 144 valence electrons. The van der Waals surface area contributed by atoms with Crippen LogP contribution in [0.4, 0.5) is 5.69 Å². The average molecular weight is 390 g/mol. The van der Waals surface area contributed by atoms with Gasteiger partial charge in [0.05, 0.1) is 10.7 Å². The summed E-state index contributed by atoms with van der Waals surface area (Å²) in [6, 6.07) is 11.6. The maximum atomic E-state index is 6.76. The zero-order chi connectivity index (χ0) is 18.6. The number of aryl methyl sites for hydroxylation is 1. The number of thiophene rings is 1. The molecule has 3 heterocycles. The SMILES string of the molecule is Cc1ccccc1N1C(C)c2c(oc3ccsc23)C12C1CC3CC(C1)CC2C3. The summed E-state index contributed by atoms with van der Waals surface area (Å²) in [5.41, 5.74) is 5.53. The normalized spacial score (nSPS) is 38.1. The Hall–Kier alpha value is -1.74. The first-order chi connectivity index (χ1) is 13.7. The van der Waals surface area contributed by atoms with E-state index in [9.17, 15) is 0 Å². The third-order valence-electron chi connectivity index (χ3n) is 8.66. The number of nitrogens with zero attached hydrogens (tertiary/aromatic N) is 1. The van der Waals surface area contributed by atoms with E-state index in [0.717, 1.165) is 29.3 Å². The lowest BCUT2D eigenvalue weighted by Crippen LogP contribution is -2.62. The van der Waals surface area contributed by atoms with E-state index in [1.54, 1.807) is 0 Å². The van der Waals surface area contributed by atoms with E-state index < -0.39 is 0 Å². The second-order valence-electron chi connectivity index (χ2n) is 9.92. The first-order valence-electron chi connectivity index (χ1n) is 11.0. The van der Waals surface area contributed by atoms with Crippen molar-refractivity contribution in [3.8, 4) is 0 Å². The van der Waals surface area contributed by atoms with Crippen LogP contribution in [0.5, 0.6) is 0 Å². The molecule has 1 unspecified atom stereocenters. The van der Waals surface area contributed by atoms with Crippen LogP contribution in [0.25, 0.3) is 10.3 Å². The van der Waals surface area contributed by atoms with E-state index >= 15 is 0 Å². The lowest BCUT2D eigenvalue weighted by atomic mass is 9.48. The highest BCUT2D eigenvalue weighted by Gasteiger charge is 2.66. The van der Waals surface area contributed by atoms with Gasteiger partial charge in [-0.3, -0.25) is 0 Å². The van der Waals surface area contributed by atoms with Gasteiger partial charge in [-0.1, -0.05) is 18.2 Å². The fraction of sp³-hybridized carbons (Fsp3) is 0.520. The third kappa shape index (κ3) is 1.72. The predicted octanol–water partition coefficient (Wildman–Crippen LogP) is 7.04. The molecule has 4 saturated carbocycles. The molecular weight excluding hydrogens is 362 g/mol. The first kappa shape index (κ1) is 16.1. The number of hydrogen-bond donors (Lipinski definition) is 0. The molecule has 2 nitrogen and oxygen atoms in total. The van der Waals surface area contributed by atoms with Crippen molar-refractivity contribution < 1.29 is 4.42 Å². The monoisotopic (exact) mass is 389 g/mol. The van der Waals surface area contributed by atoms with Crippen molar-refractivity contribution in [2.45, 2.75) is 57.5 Å². The predicted molar refractivity (Wildman–Crippen MR) is 115 cm³/mol. The molecule has 28 heavy (non-hydrogen) atoms. The number of anilines is 1. The minimum absolute atomic E-state index is 0.0764. The molecule has 4 aliphatic carbocycles. The molecule has 3 heteroatoms. The number of rotatable bonds is 1. The second kappa shape index (κ2) is 5.24. The average Bonchev–Trinajstić information content (AvgIpc) is 3.31. The van der Waals surface area contributed by atoms with E-state index in [1.165, 1.54) is 59.4 Å². The minimum atomic E-state index is 0.0764. The van der Waals surface area contributed by atoms with Crippen LogP contribution in [-0.4, -0.2) is 0 Å². The van der Waals surface area contributed by atoms with Gasteiger partial charge in [0.2, 0.25) is 0 Å². The van der Waals surface area contributed by atoms with Gasteiger partial charge in [0.15, 0.2) is 0 Å². The number of para-hydroxylation sites is 1. The lowest BCUT2D eigenvalue weighted by molar-refractivity contribution is -0.0679. The summed E-state index contributed by atoms with van der Waals surface area (Å²) in [5, 5.41) is 2.20. The van der Waals surface area contributed by atoms with Crippen LogP contribution in [0.1, 0.15) is 62.0 Å². The summed E-state index contributed by atoms with van der Waals surface area (Å²) in [5.74, 6) is 4.75. The van der Waals surface area contributed by atoms with Gasteiger partial charge in [0, 0.05) is 11.3 Å². The quantitative estimate of drug-likeness (QED) is 0.444. The first-order valence-corrected chi connectivity index (χ1v) is 11.9. The molecule has 1 aromatic carbocycles. The van der Waals surface area contributed by atoms with Gasteiger partial charge < -0.3 is 9.32 Å². The van der Waals surface area contributed by atoms with Crippen molar-refractivity contribution in [2.75, 3.05) is 4.90 Å². The molecule has 8 rings (SSSR count). The molecule has 1 spiro atoms. The summed E-state index contributed by atoms with van der Waals surface area (Å²) in [6.45, 7) is 4.71. The van der Waals surface area contributed by atoms with Crippen molar-refractivity contribution >= 4 is 27.3 Å². The Morgan fingerprint density at radius 2 is 1.71 bits per heavy atom. The standard InChI is InChI=1S/C25H27NOS/c1-14-5-3-4-6-20(14)26-15(2)22-23-21(7-8-28-23)27-24(22)25(26)18-10-16-9-17(12-18)13-19(25)11-16/h3-8,15-19H,9-13H2,1-2H3. The Morgan fingerprint density at radius 1 is 1.00 bits per heavy atom. The molecule has 2 aromatic heterocycles. The topological polar surface area (TPSA) is 16.4 Å². The molecule has 5 aliphatic rings. The Labute approximate surface area is 170 Å². The number of benzene rings is 1. The molecule has 1 aliphatic heterocycles. The fourth-order valence-electron chi connectivity index (χ4n) is 7.99. The molecule has 0 N–H and O–H groups in total. The third-order valence-corrected chi connectivity index (χ3v) is 9.58. The zero-order valence-corrected chi connectivity index (χ0v) is 17.5. The Morgan fingerprint density at radius 3 is 2.43 bits per heavy atom. The Bertz CT molecular complexity index is 1060. The highest BCUT2D eigenvalue weighted by Crippen LogP contribution is 2.70. The molecule has 0 saturated heterocycles. The van der Waals surface area contributed by atoms with E-state index in [4.69, 9.17) is 4.42 Å². The van der Waals surface area contributed by atoms with Crippen LogP contribution >= 0.6 is 11.3 Å². The van der Waals surface area contributed by atoms with Gasteiger partial charge in [0.1, 0.15) is 16.9 Å². The van der Waals surface area contributed by atoms with Crippen LogP contribution in [0.2, 0.25) is 0 Å². The van der Waals surface area contributed by atoms with Crippen molar-refractivity contribution in [3.05, 3.63) is 52.6 Å². The molecule has 4 fully saturated rings. The van der Waals surface area contributed by atoms with Crippen molar-refractivity contribution in [1.82, 2.24) is 0 Å². The van der Waals surface area contributed by atoms with E-state index in [-0.39, 0.29) is 5.54 Å².